The third-order valence-electron chi connectivity index (χ3n) is 2.27. The highest BCUT2D eigenvalue weighted by Crippen LogP contribution is 2.18. The van der Waals surface area contributed by atoms with Crippen molar-refractivity contribution in [3.63, 3.8) is 0 Å². The van der Waals surface area contributed by atoms with E-state index in [0.29, 0.717) is 18.5 Å². The number of nitrogens with two attached hydrogens (primary N) is 1. The molecule has 0 atom stereocenters. The highest BCUT2D eigenvalue weighted by molar-refractivity contribution is 6.30. The van der Waals surface area contributed by atoms with Crippen LogP contribution in [0.4, 0.5) is 0 Å². The lowest BCUT2D eigenvalue weighted by Crippen LogP contribution is -2.33. The van der Waals surface area contributed by atoms with Gasteiger partial charge in [-0.05, 0) is 30.5 Å². The largest absolute Gasteiger partial charge is 0.370 e. The van der Waals surface area contributed by atoms with Gasteiger partial charge in [0.25, 0.3) is 0 Å². The molecule has 1 aromatic carbocycles. The molecule has 1 aromatic rings. The van der Waals surface area contributed by atoms with Gasteiger partial charge in [0.1, 0.15) is 0 Å². The minimum absolute atomic E-state index is 0.535. The first-order valence-electron chi connectivity index (χ1n) is 5.05. The molecule has 2 rings (SSSR count). The first kappa shape index (κ1) is 10.3. The topological polar surface area (TPSA) is 50.4 Å². The van der Waals surface area contributed by atoms with E-state index in [2.05, 4.69) is 10.3 Å². The van der Waals surface area contributed by atoms with Crippen LogP contribution in [0.5, 0.6) is 0 Å². The Kier molecular flexibility index (Phi) is 3.11. The molecule has 4 heteroatoms. The van der Waals surface area contributed by atoms with Gasteiger partial charge >= 0.3 is 0 Å². The maximum atomic E-state index is 5.78. The van der Waals surface area contributed by atoms with Crippen LogP contribution in [0.3, 0.4) is 0 Å². The molecule has 0 spiro atoms. The zero-order valence-corrected chi connectivity index (χ0v) is 9.17. The molecule has 0 amide bonds. The summed E-state index contributed by atoms with van der Waals surface area (Å²) >= 11 is 5.78. The molecule has 0 bridgehead atoms. The first-order chi connectivity index (χ1) is 7.24. The first-order valence-corrected chi connectivity index (χ1v) is 5.43. The van der Waals surface area contributed by atoms with Gasteiger partial charge in [-0.25, -0.2) is 4.99 Å². The molecule has 1 fully saturated rings. The van der Waals surface area contributed by atoms with Crippen LogP contribution in [-0.4, -0.2) is 12.0 Å². The van der Waals surface area contributed by atoms with E-state index < -0.39 is 0 Å². The maximum absolute atomic E-state index is 5.78. The van der Waals surface area contributed by atoms with Crippen molar-refractivity contribution < 1.29 is 0 Å². The van der Waals surface area contributed by atoms with E-state index in [1.807, 2.05) is 24.3 Å². The minimum atomic E-state index is 0.535. The fraction of sp³-hybridized carbons (Fsp3) is 0.364. The smallest absolute Gasteiger partial charge is 0.189 e. The van der Waals surface area contributed by atoms with Crippen molar-refractivity contribution in [2.45, 2.75) is 25.4 Å². The second-order valence-corrected chi connectivity index (χ2v) is 4.18. The van der Waals surface area contributed by atoms with Crippen molar-refractivity contribution in [1.29, 1.82) is 0 Å². The molecule has 1 saturated carbocycles. The van der Waals surface area contributed by atoms with Gasteiger partial charge in [0.05, 0.1) is 6.54 Å². The molecule has 3 nitrogen and oxygen atoms in total. The Morgan fingerprint density at radius 1 is 1.40 bits per heavy atom. The zero-order valence-electron chi connectivity index (χ0n) is 8.41. The Balaban J connectivity index is 1.87. The second kappa shape index (κ2) is 4.53. The molecule has 1 aliphatic carbocycles. The predicted molar refractivity (Wildman–Crippen MR) is 62.9 cm³/mol. The molecule has 0 saturated heterocycles. The molecule has 0 aromatic heterocycles. The average Bonchev–Trinajstić information content (AvgIpc) is 3.01. The van der Waals surface area contributed by atoms with Crippen LogP contribution in [-0.2, 0) is 6.54 Å². The van der Waals surface area contributed by atoms with Crippen molar-refractivity contribution in [2.75, 3.05) is 0 Å². The van der Waals surface area contributed by atoms with Crippen LogP contribution in [0.25, 0.3) is 0 Å². The van der Waals surface area contributed by atoms with E-state index in [0.717, 1.165) is 10.6 Å². The summed E-state index contributed by atoms with van der Waals surface area (Å²) in [6.07, 6.45) is 2.41. The van der Waals surface area contributed by atoms with Crippen molar-refractivity contribution in [3.05, 3.63) is 34.9 Å². The lowest BCUT2D eigenvalue weighted by molar-refractivity contribution is 0.879. The van der Waals surface area contributed by atoms with Crippen molar-refractivity contribution in [2.24, 2.45) is 10.7 Å². The van der Waals surface area contributed by atoms with Crippen molar-refractivity contribution in [3.8, 4) is 0 Å². The second-order valence-electron chi connectivity index (χ2n) is 3.75. The number of guanidine groups is 1. The number of aliphatic imine (C=N–C) groups is 1. The third kappa shape index (κ3) is 3.44. The molecule has 0 aliphatic heterocycles. The summed E-state index contributed by atoms with van der Waals surface area (Å²) in [7, 11) is 0. The van der Waals surface area contributed by atoms with Gasteiger partial charge < -0.3 is 11.1 Å². The highest BCUT2D eigenvalue weighted by atomic mass is 35.5. The summed E-state index contributed by atoms with van der Waals surface area (Å²) < 4.78 is 0. The van der Waals surface area contributed by atoms with E-state index in [9.17, 15) is 0 Å². The molecule has 1 aliphatic rings. The Morgan fingerprint density at radius 2 is 2.07 bits per heavy atom. The van der Waals surface area contributed by atoms with Crippen LogP contribution in [0.2, 0.25) is 5.02 Å². The van der Waals surface area contributed by atoms with E-state index in [1.165, 1.54) is 12.8 Å². The number of hydrogen-bond acceptors (Lipinski definition) is 1. The molecule has 0 radical (unpaired) electrons. The van der Waals surface area contributed by atoms with Gasteiger partial charge in [-0.3, -0.25) is 0 Å². The molecular formula is C11H14ClN3. The number of benzene rings is 1. The van der Waals surface area contributed by atoms with E-state index in [-0.39, 0.29) is 0 Å². The van der Waals surface area contributed by atoms with Crippen LogP contribution in [0.15, 0.2) is 29.3 Å². The standard InChI is InChI=1S/C11H14ClN3/c12-9-3-1-8(2-4-9)7-14-11(13)15-10-5-6-10/h1-4,10H,5-7H2,(H3,13,14,15). The quantitative estimate of drug-likeness (QED) is 0.608. The monoisotopic (exact) mass is 223 g/mol. The summed E-state index contributed by atoms with van der Waals surface area (Å²) in [5.74, 6) is 0.535. The van der Waals surface area contributed by atoms with Crippen molar-refractivity contribution >= 4 is 17.6 Å². The minimum Gasteiger partial charge on any atom is -0.370 e. The molecule has 3 N–H and O–H groups in total. The number of rotatable bonds is 3. The maximum Gasteiger partial charge on any atom is 0.189 e. The van der Waals surface area contributed by atoms with Crippen molar-refractivity contribution in [1.82, 2.24) is 5.32 Å². The summed E-state index contributed by atoms with van der Waals surface area (Å²) in [6.45, 7) is 0.600. The Bertz CT molecular complexity index is 355. The lowest BCUT2D eigenvalue weighted by atomic mass is 10.2. The van der Waals surface area contributed by atoms with Gasteiger partial charge in [-0.1, -0.05) is 23.7 Å². The van der Waals surface area contributed by atoms with Gasteiger partial charge in [0.2, 0.25) is 0 Å². The summed E-state index contributed by atoms with van der Waals surface area (Å²) in [5, 5.41) is 3.88. The molecule has 80 valence electrons. The Hall–Kier alpha value is -1.22. The van der Waals surface area contributed by atoms with Crippen LogP contribution < -0.4 is 11.1 Å². The number of halogens is 1. The normalized spacial score (nSPS) is 16.5. The third-order valence-corrected chi connectivity index (χ3v) is 2.53. The van der Waals surface area contributed by atoms with Gasteiger partial charge in [0, 0.05) is 11.1 Å². The highest BCUT2D eigenvalue weighted by Gasteiger charge is 2.21. The SMILES string of the molecule is NC(=NCc1ccc(Cl)cc1)NC1CC1. The molecule has 0 unspecified atom stereocenters. The van der Waals surface area contributed by atoms with Crippen LogP contribution in [0, 0.1) is 0 Å². The predicted octanol–water partition coefficient (Wildman–Crippen LogP) is 1.91. The molecular weight excluding hydrogens is 210 g/mol. The Morgan fingerprint density at radius 3 is 2.67 bits per heavy atom. The number of hydrogen-bond donors (Lipinski definition) is 2. The summed E-state index contributed by atoms with van der Waals surface area (Å²) in [5.41, 5.74) is 6.82. The lowest BCUT2D eigenvalue weighted by Gasteiger charge is -2.03. The Labute approximate surface area is 94.3 Å². The molecule has 15 heavy (non-hydrogen) atoms. The fourth-order valence-corrected chi connectivity index (χ4v) is 1.37. The number of nitrogens with zero attached hydrogens (tertiary/aromatic N) is 1. The fourth-order valence-electron chi connectivity index (χ4n) is 1.25. The van der Waals surface area contributed by atoms with Gasteiger partial charge in [-0.2, -0.15) is 0 Å². The average molecular weight is 224 g/mol. The molecule has 0 heterocycles. The van der Waals surface area contributed by atoms with Crippen LogP contribution >= 0.6 is 11.6 Å². The summed E-state index contributed by atoms with van der Waals surface area (Å²) in [4.78, 5) is 4.24. The van der Waals surface area contributed by atoms with E-state index >= 15 is 0 Å². The van der Waals surface area contributed by atoms with E-state index in [4.69, 9.17) is 17.3 Å². The van der Waals surface area contributed by atoms with Crippen LogP contribution in [0.1, 0.15) is 18.4 Å². The zero-order chi connectivity index (χ0) is 10.7. The van der Waals surface area contributed by atoms with Gasteiger partial charge in [0.15, 0.2) is 5.96 Å². The van der Waals surface area contributed by atoms with Gasteiger partial charge in [-0.15, -0.1) is 0 Å². The number of nitrogens with one attached hydrogen (secondary N) is 1. The summed E-state index contributed by atoms with van der Waals surface area (Å²) in [6, 6.07) is 8.18. The van der Waals surface area contributed by atoms with E-state index in [1.54, 1.807) is 0 Å².